The number of esters is 1. The molecule has 16 nitrogen and oxygen atoms in total. The second-order valence-electron chi connectivity index (χ2n) is 22.7. The quantitative estimate of drug-likeness (QED) is 0.0710. The molecule has 4 saturated carbocycles. The molecule has 0 spiro atoms. The van der Waals surface area contributed by atoms with Gasteiger partial charge in [0.05, 0.1) is 65.3 Å². The van der Waals surface area contributed by atoms with Crippen molar-refractivity contribution in [3.63, 3.8) is 0 Å². The van der Waals surface area contributed by atoms with Crippen LogP contribution in [0.2, 0.25) is 0 Å². The monoisotopic (exact) mass is 1140 g/mol. The van der Waals surface area contributed by atoms with Gasteiger partial charge in [0.15, 0.2) is 10.3 Å². The Morgan fingerprint density at radius 2 is 1.06 bits per heavy atom. The van der Waals surface area contributed by atoms with E-state index in [1.165, 1.54) is 29.6 Å². The number of fused-ring (bicyclic) bond motifs is 2. The maximum absolute atomic E-state index is 12.3. The minimum absolute atomic E-state index is 0.0427. The van der Waals surface area contributed by atoms with Gasteiger partial charge in [-0.05, 0) is 141 Å². The summed E-state index contributed by atoms with van der Waals surface area (Å²) in [7, 11) is 5.54. The van der Waals surface area contributed by atoms with Crippen molar-refractivity contribution in [2.75, 3.05) is 31.0 Å². The van der Waals surface area contributed by atoms with Crippen molar-refractivity contribution < 1.29 is 47.4 Å². The van der Waals surface area contributed by atoms with Crippen LogP contribution in [0.4, 0.5) is 10.3 Å². The second-order valence-corrected chi connectivity index (χ2v) is 24.7. The highest BCUT2D eigenvalue weighted by molar-refractivity contribution is 7.22. The topological polar surface area (TPSA) is 185 Å². The molecular weight excluding hydrogens is 1060 g/mol. The van der Waals surface area contributed by atoms with Crippen molar-refractivity contribution in [1.29, 1.82) is 0 Å². The van der Waals surface area contributed by atoms with Gasteiger partial charge in [0, 0.05) is 60.3 Å². The fraction of sp³-hybridized carbons (Fsp3) is 0.460. The van der Waals surface area contributed by atoms with Gasteiger partial charge in [0.1, 0.15) is 45.4 Å². The van der Waals surface area contributed by atoms with Gasteiger partial charge in [0.2, 0.25) is 0 Å². The van der Waals surface area contributed by atoms with E-state index in [0.29, 0.717) is 53.7 Å². The fourth-order valence-electron chi connectivity index (χ4n) is 11.2. The van der Waals surface area contributed by atoms with Gasteiger partial charge >= 0.3 is 11.9 Å². The van der Waals surface area contributed by atoms with Crippen LogP contribution in [-0.2, 0) is 27.4 Å². The van der Waals surface area contributed by atoms with E-state index in [-0.39, 0.29) is 42.0 Å². The number of anilines is 2. The Kier molecular flexibility index (Phi) is 16.5. The van der Waals surface area contributed by atoms with E-state index in [2.05, 4.69) is 72.3 Å². The summed E-state index contributed by atoms with van der Waals surface area (Å²) in [6.07, 6.45) is 10.5. The molecule has 4 aliphatic rings. The van der Waals surface area contributed by atoms with Crippen molar-refractivity contribution in [1.82, 2.24) is 20.3 Å². The normalized spacial score (nSPS) is 18.9. The van der Waals surface area contributed by atoms with Gasteiger partial charge in [-0.3, -0.25) is 0 Å². The number of nitrogens with zero attached hydrogens (tertiary/aromatic N) is 6. The Bertz CT molecular complexity index is 3560. The van der Waals surface area contributed by atoms with Crippen LogP contribution in [0.1, 0.15) is 158 Å². The minimum Gasteiger partial charge on any atom is -0.489 e. The molecule has 0 saturated heterocycles. The lowest BCUT2D eigenvalue weighted by atomic mass is 10.0. The van der Waals surface area contributed by atoms with Crippen molar-refractivity contribution in [2.24, 2.45) is 0 Å². The summed E-state index contributed by atoms with van der Waals surface area (Å²) in [5.74, 6) is 2.65. The molecule has 81 heavy (non-hydrogen) atoms. The molecule has 0 aliphatic heterocycles. The number of methoxy groups -OCH3 is 1. The molecule has 4 fully saturated rings. The number of ether oxygens (including phenoxy) is 5. The molecule has 0 bridgehead atoms. The molecule has 1 N–H and O–H groups in total. The summed E-state index contributed by atoms with van der Waals surface area (Å²) in [5, 5.41) is 20.3. The molecular formula is C63H72N6O10S2. The minimum atomic E-state index is -0.974. The largest absolute Gasteiger partial charge is 0.489 e. The molecule has 0 radical (unpaired) electrons. The van der Waals surface area contributed by atoms with Crippen LogP contribution >= 0.6 is 22.7 Å². The molecule has 12 rings (SSSR count). The number of aromatic carboxylic acids is 1. The van der Waals surface area contributed by atoms with Crippen LogP contribution in [0.5, 0.6) is 11.5 Å². The molecule has 0 amide bonds. The number of carboxylic acid groups (broad SMARTS) is 1. The fourth-order valence-corrected chi connectivity index (χ4v) is 13.3. The van der Waals surface area contributed by atoms with Crippen LogP contribution < -0.4 is 19.3 Å². The zero-order valence-corrected chi connectivity index (χ0v) is 49.3. The average molecular weight is 1140 g/mol. The highest BCUT2D eigenvalue weighted by atomic mass is 32.1. The molecule has 18 heteroatoms. The van der Waals surface area contributed by atoms with E-state index in [0.717, 1.165) is 135 Å². The second kappa shape index (κ2) is 23.9. The molecule has 4 aromatic carbocycles. The summed E-state index contributed by atoms with van der Waals surface area (Å²) < 4.78 is 43.4. The van der Waals surface area contributed by atoms with E-state index < -0.39 is 5.97 Å². The van der Waals surface area contributed by atoms with Crippen LogP contribution in [0.25, 0.3) is 42.9 Å². The molecule has 4 aliphatic carbocycles. The van der Waals surface area contributed by atoms with Crippen LogP contribution in [0.3, 0.4) is 0 Å². The smallest absolute Gasteiger partial charge is 0.338 e. The number of rotatable bonds is 20. The maximum Gasteiger partial charge on any atom is 0.338 e. The number of carboxylic acids is 1. The highest BCUT2D eigenvalue weighted by Gasteiger charge is 2.37. The van der Waals surface area contributed by atoms with Crippen molar-refractivity contribution >= 4 is 65.3 Å². The number of benzene rings is 4. The predicted octanol–water partition coefficient (Wildman–Crippen LogP) is 14.5. The maximum atomic E-state index is 12.3. The summed E-state index contributed by atoms with van der Waals surface area (Å²) in [6, 6.07) is 24.0. The number of hydrogen-bond acceptors (Lipinski definition) is 17. The van der Waals surface area contributed by atoms with E-state index in [1.807, 2.05) is 58.0 Å². The Hall–Kier alpha value is -6.86. The zero-order chi connectivity index (χ0) is 56.6. The van der Waals surface area contributed by atoms with E-state index in [4.69, 9.17) is 42.7 Å². The Morgan fingerprint density at radius 1 is 0.630 bits per heavy atom. The number of aromatic nitrogens is 4. The lowest BCUT2D eigenvalue weighted by Gasteiger charge is -2.24. The summed E-state index contributed by atoms with van der Waals surface area (Å²) in [4.78, 5) is 38.3. The number of aryl methyl sites for hydroxylation is 2. The molecule has 4 atom stereocenters. The Morgan fingerprint density at radius 3 is 1.47 bits per heavy atom. The first-order chi connectivity index (χ1) is 39.1. The lowest BCUT2D eigenvalue weighted by molar-refractivity contribution is 0.0440. The number of carbonyl (C=O) groups excluding carboxylic acids is 1. The van der Waals surface area contributed by atoms with Crippen LogP contribution in [0.15, 0.2) is 81.8 Å². The first-order valence-corrected chi connectivity index (χ1v) is 30.1. The highest BCUT2D eigenvalue weighted by Crippen LogP contribution is 2.47. The Balaban J connectivity index is 0.000000170. The third kappa shape index (κ3) is 12.3. The van der Waals surface area contributed by atoms with E-state index in [1.54, 1.807) is 29.5 Å². The number of carbonyl (C=O) groups is 2. The van der Waals surface area contributed by atoms with Gasteiger partial charge in [-0.15, -0.1) is 0 Å². The first-order valence-electron chi connectivity index (χ1n) is 28.4. The SMILES string of the molecule is COC(=O)c1cc(OC(C)C)c2nc(N(C)[C@@H]3CC[C@H](OCc4c(-c5ccccc5C)noc4C4CC4)C3)sc2c1.Cc1ccccc1-c1noc(C2CC2)c1CO[C@H]1CC[C@@H](N(C)c2nc3c(OC(C)C)cc(C(=O)O)cc3s2)C1. The van der Waals surface area contributed by atoms with Crippen molar-refractivity contribution in [3.05, 3.63) is 118 Å². The average Bonchev–Trinajstić information content (AvgIpc) is 4.04. The molecule has 4 heterocycles. The molecule has 0 unspecified atom stereocenters. The third-order valence-corrected chi connectivity index (χ3v) is 18.1. The zero-order valence-electron chi connectivity index (χ0n) is 47.7. The van der Waals surface area contributed by atoms with Gasteiger partial charge in [-0.2, -0.15) is 0 Å². The summed E-state index contributed by atoms with van der Waals surface area (Å²) in [5.41, 5.74) is 10.7. The van der Waals surface area contributed by atoms with Gasteiger partial charge in [-0.25, -0.2) is 19.6 Å². The summed E-state index contributed by atoms with van der Waals surface area (Å²) >= 11 is 3.07. The lowest BCUT2D eigenvalue weighted by Crippen LogP contribution is -2.29. The molecule has 8 aromatic rings. The van der Waals surface area contributed by atoms with Crippen molar-refractivity contribution in [2.45, 2.75) is 167 Å². The van der Waals surface area contributed by atoms with Gasteiger partial charge in [0.25, 0.3) is 0 Å². The van der Waals surface area contributed by atoms with Gasteiger partial charge < -0.3 is 47.6 Å². The number of thiazole rings is 2. The van der Waals surface area contributed by atoms with Crippen LogP contribution in [-0.4, -0.2) is 95.0 Å². The Labute approximate surface area is 480 Å². The standard InChI is InChI=1S/C32H37N3O5S.C31H35N3O5S/c1-18(2)39-26-14-21(31(36)37-5)15-27-29(26)33-32(41-27)35(4)22-12-13-23(16-22)38-17-25-28(24-9-7-6-8-19(24)3)34-40-30(25)20-10-11-20;1-17(2)38-25-13-20(30(35)36)14-26-28(25)32-31(40-26)34(4)21-11-12-22(15-21)37-16-24-27(23-8-6-5-7-18(23)3)33-39-29(24)19-9-10-19/h6-9,14-15,18,20,22-23H,10-13,16-17H2,1-5H3;5-8,13-14,17,19,21-22H,9-12,15-16H2,1-4H3,(H,35,36)/t22-,23+;21-,22+/m11/s1. The first kappa shape index (κ1) is 56.0. The summed E-state index contributed by atoms with van der Waals surface area (Å²) in [6.45, 7) is 13.0. The predicted molar refractivity (Wildman–Crippen MR) is 316 cm³/mol. The molecule has 4 aromatic heterocycles. The van der Waals surface area contributed by atoms with E-state index in [9.17, 15) is 14.7 Å². The van der Waals surface area contributed by atoms with E-state index >= 15 is 0 Å². The van der Waals surface area contributed by atoms with Gasteiger partial charge in [-0.1, -0.05) is 81.5 Å². The third-order valence-electron chi connectivity index (χ3n) is 16.0. The van der Waals surface area contributed by atoms with Crippen LogP contribution in [0, 0.1) is 13.8 Å². The van der Waals surface area contributed by atoms with Crippen molar-refractivity contribution in [3.8, 4) is 34.0 Å². The number of hydrogen-bond donors (Lipinski definition) is 1. The molecule has 426 valence electrons.